The smallest absolute Gasteiger partial charge is 0.143 e. The summed E-state index contributed by atoms with van der Waals surface area (Å²) in [4.78, 5) is 4.10. The molecular formula is C11H14BrClN2. The molecule has 2 unspecified atom stereocenters. The summed E-state index contributed by atoms with van der Waals surface area (Å²) in [6.07, 6.45) is 5.68. The molecular weight excluding hydrogens is 275 g/mol. The SMILES string of the molecule is CC1CCCC1Nc1cnc(Cl)c(Br)c1. The normalized spacial score (nSPS) is 25.5. The average molecular weight is 290 g/mol. The summed E-state index contributed by atoms with van der Waals surface area (Å²) >= 11 is 9.22. The fraction of sp³-hybridized carbons (Fsp3) is 0.545. The van der Waals surface area contributed by atoms with Gasteiger partial charge in [-0.3, -0.25) is 0 Å². The number of halogens is 2. The zero-order chi connectivity index (χ0) is 10.8. The van der Waals surface area contributed by atoms with Gasteiger partial charge in [-0.25, -0.2) is 4.98 Å². The first-order valence-corrected chi connectivity index (χ1v) is 6.41. The van der Waals surface area contributed by atoms with Crippen LogP contribution in [0.3, 0.4) is 0 Å². The Bertz CT molecular complexity index is 356. The molecule has 82 valence electrons. The van der Waals surface area contributed by atoms with E-state index in [0.29, 0.717) is 11.2 Å². The van der Waals surface area contributed by atoms with Crippen molar-refractivity contribution in [2.75, 3.05) is 5.32 Å². The lowest BCUT2D eigenvalue weighted by atomic mass is 10.1. The summed E-state index contributed by atoms with van der Waals surface area (Å²) in [6.45, 7) is 2.29. The quantitative estimate of drug-likeness (QED) is 0.829. The zero-order valence-electron chi connectivity index (χ0n) is 8.63. The Morgan fingerprint density at radius 2 is 2.33 bits per heavy atom. The van der Waals surface area contributed by atoms with E-state index >= 15 is 0 Å². The Morgan fingerprint density at radius 3 is 2.93 bits per heavy atom. The van der Waals surface area contributed by atoms with Crippen LogP contribution in [0.15, 0.2) is 16.7 Å². The predicted molar refractivity (Wildman–Crippen MR) is 67.4 cm³/mol. The van der Waals surface area contributed by atoms with Gasteiger partial charge in [-0.2, -0.15) is 0 Å². The van der Waals surface area contributed by atoms with Gasteiger partial charge in [0, 0.05) is 6.04 Å². The summed E-state index contributed by atoms with van der Waals surface area (Å²) < 4.78 is 0.847. The van der Waals surface area contributed by atoms with E-state index in [4.69, 9.17) is 11.6 Å². The van der Waals surface area contributed by atoms with Crippen LogP contribution in [-0.4, -0.2) is 11.0 Å². The average Bonchev–Trinajstić information content (AvgIpc) is 2.59. The lowest BCUT2D eigenvalue weighted by molar-refractivity contribution is 0.556. The number of hydrogen-bond acceptors (Lipinski definition) is 2. The topological polar surface area (TPSA) is 24.9 Å². The third kappa shape index (κ3) is 2.64. The van der Waals surface area contributed by atoms with E-state index in [1.165, 1.54) is 19.3 Å². The van der Waals surface area contributed by atoms with Crippen LogP contribution in [0.2, 0.25) is 5.15 Å². The van der Waals surface area contributed by atoms with E-state index in [9.17, 15) is 0 Å². The predicted octanol–water partition coefficient (Wildman–Crippen LogP) is 4.10. The number of hydrogen-bond donors (Lipinski definition) is 1. The minimum atomic E-state index is 0.514. The first-order valence-electron chi connectivity index (χ1n) is 5.24. The Balaban J connectivity index is 2.07. The van der Waals surface area contributed by atoms with Gasteiger partial charge < -0.3 is 5.32 Å². The van der Waals surface area contributed by atoms with Crippen LogP contribution in [0.1, 0.15) is 26.2 Å². The van der Waals surface area contributed by atoms with Crippen LogP contribution in [0, 0.1) is 5.92 Å². The van der Waals surface area contributed by atoms with Crippen LogP contribution >= 0.6 is 27.5 Å². The molecule has 1 aliphatic rings. The lowest BCUT2D eigenvalue weighted by Crippen LogP contribution is -2.21. The second kappa shape index (κ2) is 4.71. The third-order valence-corrected chi connectivity index (χ3v) is 4.14. The lowest BCUT2D eigenvalue weighted by Gasteiger charge is -2.18. The molecule has 1 aromatic heterocycles. The fourth-order valence-electron chi connectivity index (χ4n) is 2.07. The van der Waals surface area contributed by atoms with E-state index in [0.717, 1.165) is 16.1 Å². The molecule has 0 radical (unpaired) electrons. The number of aromatic nitrogens is 1. The van der Waals surface area contributed by atoms with E-state index in [2.05, 4.69) is 33.2 Å². The largest absolute Gasteiger partial charge is 0.381 e. The molecule has 0 aliphatic heterocycles. The molecule has 1 saturated carbocycles. The Kier molecular flexibility index (Phi) is 3.52. The minimum Gasteiger partial charge on any atom is -0.381 e. The molecule has 2 rings (SSSR count). The molecule has 1 heterocycles. The van der Waals surface area contributed by atoms with Gasteiger partial charge in [-0.05, 0) is 40.8 Å². The number of pyridine rings is 1. The second-order valence-corrected chi connectivity index (χ2v) is 5.37. The van der Waals surface area contributed by atoms with Crippen molar-refractivity contribution in [2.45, 2.75) is 32.2 Å². The standard InChI is InChI=1S/C11H14BrClN2/c1-7-3-2-4-10(7)15-8-5-9(12)11(13)14-6-8/h5-7,10,15H,2-4H2,1H3. The van der Waals surface area contributed by atoms with Crippen LogP contribution in [0.4, 0.5) is 5.69 Å². The fourth-order valence-corrected chi connectivity index (χ4v) is 2.53. The maximum Gasteiger partial charge on any atom is 0.143 e. The summed E-state index contributed by atoms with van der Waals surface area (Å²) in [6, 6.07) is 2.57. The van der Waals surface area contributed by atoms with Gasteiger partial charge in [0.25, 0.3) is 0 Å². The maximum absolute atomic E-state index is 5.84. The van der Waals surface area contributed by atoms with E-state index in [1.807, 2.05) is 6.07 Å². The molecule has 0 saturated heterocycles. The Morgan fingerprint density at radius 1 is 1.53 bits per heavy atom. The van der Waals surface area contributed by atoms with E-state index < -0.39 is 0 Å². The molecule has 0 bridgehead atoms. The third-order valence-electron chi connectivity index (χ3n) is 3.01. The molecule has 1 N–H and O–H groups in total. The molecule has 0 aromatic carbocycles. The van der Waals surface area contributed by atoms with Crippen molar-refractivity contribution >= 4 is 33.2 Å². The number of rotatable bonds is 2. The van der Waals surface area contributed by atoms with Crippen molar-refractivity contribution in [3.05, 3.63) is 21.9 Å². The summed E-state index contributed by atoms with van der Waals surface area (Å²) in [5, 5.41) is 4.02. The van der Waals surface area contributed by atoms with Gasteiger partial charge >= 0.3 is 0 Å². The van der Waals surface area contributed by atoms with Gasteiger partial charge in [-0.1, -0.05) is 24.9 Å². The number of nitrogens with one attached hydrogen (secondary N) is 1. The second-order valence-electron chi connectivity index (χ2n) is 4.16. The minimum absolute atomic E-state index is 0.514. The van der Waals surface area contributed by atoms with Gasteiger partial charge in [0.05, 0.1) is 16.4 Å². The van der Waals surface area contributed by atoms with Gasteiger partial charge in [0.1, 0.15) is 5.15 Å². The van der Waals surface area contributed by atoms with Crippen molar-refractivity contribution < 1.29 is 0 Å². The van der Waals surface area contributed by atoms with Crippen LogP contribution in [0.5, 0.6) is 0 Å². The van der Waals surface area contributed by atoms with Crippen molar-refractivity contribution in [3.8, 4) is 0 Å². The monoisotopic (exact) mass is 288 g/mol. The molecule has 0 spiro atoms. The highest BCUT2D eigenvalue weighted by atomic mass is 79.9. The number of anilines is 1. The number of nitrogens with zero attached hydrogens (tertiary/aromatic N) is 1. The van der Waals surface area contributed by atoms with Gasteiger partial charge in [0.2, 0.25) is 0 Å². The molecule has 4 heteroatoms. The van der Waals surface area contributed by atoms with Crippen molar-refractivity contribution in [1.82, 2.24) is 4.98 Å². The van der Waals surface area contributed by atoms with Crippen LogP contribution in [0.25, 0.3) is 0 Å². The van der Waals surface area contributed by atoms with E-state index in [-0.39, 0.29) is 0 Å². The summed E-state index contributed by atoms with van der Waals surface area (Å²) in [5.41, 5.74) is 1.05. The molecule has 1 aliphatic carbocycles. The Labute approximate surface area is 104 Å². The molecule has 1 aromatic rings. The molecule has 15 heavy (non-hydrogen) atoms. The highest BCUT2D eigenvalue weighted by Gasteiger charge is 2.23. The maximum atomic E-state index is 5.84. The Hall–Kier alpha value is -0.280. The molecule has 2 atom stereocenters. The summed E-state index contributed by atoms with van der Waals surface area (Å²) in [7, 11) is 0. The van der Waals surface area contributed by atoms with Gasteiger partial charge in [0.15, 0.2) is 0 Å². The van der Waals surface area contributed by atoms with Crippen molar-refractivity contribution in [2.24, 2.45) is 5.92 Å². The highest BCUT2D eigenvalue weighted by molar-refractivity contribution is 9.10. The first kappa shape index (κ1) is 11.2. The molecule has 2 nitrogen and oxygen atoms in total. The van der Waals surface area contributed by atoms with Gasteiger partial charge in [-0.15, -0.1) is 0 Å². The zero-order valence-corrected chi connectivity index (χ0v) is 11.0. The van der Waals surface area contributed by atoms with Crippen molar-refractivity contribution in [1.29, 1.82) is 0 Å². The van der Waals surface area contributed by atoms with Crippen molar-refractivity contribution in [3.63, 3.8) is 0 Å². The van der Waals surface area contributed by atoms with Crippen LogP contribution < -0.4 is 5.32 Å². The van der Waals surface area contributed by atoms with Crippen LogP contribution in [-0.2, 0) is 0 Å². The summed E-state index contributed by atoms with van der Waals surface area (Å²) in [5.74, 6) is 0.749. The van der Waals surface area contributed by atoms with E-state index in [1.54, 1.807) is 6.20 Å². The highest BCUT2D eigenvalue weighted by Crippen LogP contribution is 2.29. The molecule has 1 fully saturated rings. The molecule has 0 amide bonds. The first-order chi connectivity index (χ1) is 7.16.